The Balaban J connectivity index is 1.30. The molecule has 0 radical (unpaired) electrons. The number of nitrogens with one attached hydrogen (secondary N) is 2. The van der Waals surface area contributed by atoms with Crippen molar-refractivity contribution in [2.75, 3.05) is 66.7 Å². The van der Waals surface area contributed by atoms with E-state index in [1.807, 2.05) is 0 Å². The average Bonchev–Trinajstić information content (AvgIpc) is 1.06. The third-order valence-corrected chi connectivity index (χ3v) is 17.2. The van der Waals surface area contributed by atoms with Crippen LogP contribution >= 0.6 is 0 Å². The molecule has 0 aliphatic carbocycles. The standard InChI is InChI=1S/C53H62N10O22S6/c1-34-25-46(50(82-17-5-21-86(64,65)66)29-44(34)60-62-48-27-36(3)42(31-52(48)84-19-7-23-88(70,71)72)58-56-38-9-13-40(14-10-38)90(76,77)78)54-33-55-47-26-35(2)45(30-51(47)83-18-6-22-87(67,68)69)61-63-49-28-37(4)43(32-53(49)85-20-8-24-89(73,74)75)59-57-39-11-15-41(16-12-39)91(79,80)81/h9-16,25-32,54-55H,5-8,17-24,33H2,1-4H3,(H,64,65,66)(H,67,68,69)(H,70,71,72)(H,73,74,75)(H,76,77,78)(H,79,80,81). The van der Waals surface area contributed by atoms with Crippen LogP contribution < -0.4 is 29.6 Å². The Morgan fingerprint density at radius 2 is 0.582 bits per heavy atom. The smallest absolute Gasteiger partial charge is 0.294 e. The normalized spacial score (nSPS) is 12.8. The number of azo groups is 4. The Morgan fingerprint density at radius 3 is 0.868 bits per heavy atom. The van der Waals surface area contributed by atoms with Gasteiger partial charge >= 0.3 is 0 Å². The molecule has 0 fully saturated rings. The monoisotopic (exact) mass is 1380 g/mol. The number of nitrogens with zero attached hydrogens (tertiary/aromatic N) is 8. The zero-order valence-electron chi connectivity index (χ0n) is 48.7. The quantitative estimate of drug-likeness (QED) is 0.00805. The van der Waals surface area contributed by atoms with Gasteiger partial charge in [0.1, 0.15) is 34.4 Å². The van der Waals surface area contributed by atoms with Crippen LogP contribution in [0.2, 0.25) is 0 Å². The van der Waals surface area contributed by atoms with Crippen molar-refractivity contribution >= 4 is 118 Å². The molecule has 0 heterocycles. The SMILES string of the molecule is Cc1cc(N=Nc2cc(OCCCS(=O)(=O)O)c(NCNc3cc(C)c(N=Nc4cc(C)c(N=Nc5ccc(S(=O)(=O)O)cc5)cc4OCCCS(=O)(=O)O)cc3OCCCS(=O)(=O)O)cc2C)c(OCCCS(=O)(=O)O)cc1N=Nc1ccc(S(=O)(=O)O)cc1. The number of benzene rings is 6. The van der Waals surface area contributed by atoms with Gasteiger partial charge in [-0.15, -0.1) is 10.2 Å². The van der Waals surface area contributed by atoms with Gasteiger partial charge in [-0.1, -0.05) is 0 Å². The maximum absolute atomic E-state index is 11.6. The number of rotatable bonds is 34. The summed E-state index contributed by atoms with van der Waals surface area (Å²) in [6.07, 6.45) is -0.530. The third-order valence-electron chi connectivity index (χ3n) is 12.3. The van der Waals surface area contributed by atoms with Gasteiger partial charge in [0.2, 0.25) is 0 Å². The Hall–Kier alpha value is -8.02. The number of anilines is 2. The fourth-order valence-electron chi connectivity index (χ4n) is 7.75. The van der Waals surface area contributed by atoms with Gasteiger partial charge < -0.3 is 29.6 Å². The number of hydrogen-bond acceptors (Lipinski definition) is 26. The molecule has 6 aromatic carbocycles. The highest BCUT2D eigenvalue weighted by Gasteiger charge is 2.18. The molecule has 6 rings (SSSR count). The first kappa shape index (κ1) is 72.0. The third kappa shape index (κ3) is 24.6. The van der Waals surface area contributed by atoms with E-state index >= 15 is 0 Å². The van der Waals surface area contributed by atoms with Gasteiger partial charge in [0, 0.05) is 24.3 Å². The van der Waals surface area contributed by atoms with E-state index in [9.17, 15) is 77.8 Å². The maximum atomic E-state index is 11.6. The molecule has 0 spiro atoms. The number of hydrogen-bond donors (Lipinski definition) is 8. The molecule has 0 atom stereocenters. The van der Waals surface area contributed by atoms with E-state index in [4.69, 9.17) is 18.9 Å². The first-order chi connectivity index (χ1) is 42.5. The van der Waals surface area contributed by atoms with E-state index in [1.54, 1.807) is 52.0 Å². The second-order valence-corrected chi connectivity index (χ2v) is 28.8. The molecule has 0 bridgehead atoms. The largest absolute Gasteiger partial charge is 0.491 e. The fraction of sp³-hybridized carbons (Fsp3) is 0.321. The van der Waals surface area contributed by atoms with Gasteiger partial charge in [-0.25, -0.2) is 0 Å². The Labute approximate surface area is 524 Å². The van der Waals surface area contributed by atoms with Crippen LogP contribution in [0.3, 0.4) is 0 Å². The van der Waals surface area contributed by atoms with E-state index in [0.29, 0.717) is 33.6 Å². The molecular formula is C53H62N10O22S6. The van der Waals surface area contributed by atoms with Crippen molar-refractivity contribution in [1.82, 2.24) is 0 Å². The summed E-state index contributed by atoms with van der Waals surface area (Å²) in [5, 5.41) is 40.9. The van der Waals surface area contributed by atoms with Gasteiger partial charge in [0.25, 0.3) is 60.7 Å². The maximum Gasteiger partial charge on any atom is 0.294 e. The molecule has 0 aliphatic rings. The molecule has 0 unspecified atom stereocenters. The molecular weight excluding hydrogens is 1320 g/mol. The van der Waals surface area contributed by atoms with Gasteiger partial charge in [0.15, 0.2) is 0 Å². The van der Waals surface area contributed by atoms with Gasteiger partial charge in [0.05, 0.1) is 111 Å². The Morgan fingerprint density at radius 1 is 0.330 bits per heavy atom. The van der Waals surface area contributed by atoms with Crippen molar-refractivity contribution in [2.45, 2.75) is 63.2 Å². The lowest BCUT2D eigenvalue weighted by atomic mass is 10.1. The number of aryl methyl sites for hydroxylation is 4. The molecule has 91 heavy (non-hydrogen) atoms. The topological polar surface area (TPSA) is 486 Å². The molecule has 6 aromatic rings. The zero-order chi connectivity index (χ0) is 67.0. The summed E-state index contributed by atoms with van der Waals surface area (Å²) >= 11 is 0. The molecule has 8 N–H and O–H groups in total. The van der Waals surface area contributed by atoms with Gasteiger partial charge in [-0.05, 0) is 148 Å². The molecule has 0 aromatic heterocycles. The lowest BCUT2D eigenvalue weighted by molar-refractivity contribution is 0.317. The molecule has 492 valence electrons. The van der Waals surface area contributed by atoms with Gasteiger partial charge in [-0.2, -0.15) is 81.2 Å². The Bertz CT molecular complexity index is 4160. The molecule has 32 nitrogen and oxygen atoms in total. The summed E-state index contributed by atoms with van der Waals surface area (Å²) in [5.41, 5.74) is 4.33. The summed E-state index contributed by atoms with van der Waals surface area (Å²) in [5.74, 6) is -2.12. The van der Waals surface area contributed by atoms with Crippen molar-refractivity contribution in [3.05, 3.63) is 119 Å². The van der Waals surface area contributed by atoms with Crippen LogP contribution in [0, 0.1) is 27.7 Å². The minimum Gasteiger partial charge on any atom is -0.491 e. The van der Waals surface area contributed by atoms with Crippen molar-refractivity contribution in [3.63, 3.8) is 0 Å². The lowest BCUT2D eigenvalue weighted by Crippen LogP contribution is -2.15. The highest BCUT2D eigenvalue weighted by Crippen LogP contribution is 2.42. The van der Waals surface area contributed by atoms with Crippen LogP contribution in [0.15, 0.2) is 148 Å². The minimum absolute atomic E-state index is 0.0563. The van der Waals surface area contributed by atoms with E-state index in [1.165, 1.54) is 48.5 Å². The van der Waals surface area contributed by atoms with E-state index in [-0.39, 0.29) is 137 Å². The molecule has 0 aliphatic heterocycles. The van der Waals surface area contributed by atoms with E-state index in [2.05, 4.69) is 51.5 Å². The average molecular weight is 1380 g/mol. The summed E-state index contributed by atoms with van der Waals surface area (Å²) in [7, 11) is -26.3. The van der Waals surface area contributed by atoms with Gasteiger partial charge in [-0.3, -0.25) is 27.3 Å². The second kappa shape index (κ2) is 31.3. The van der Waals surface area contributed by atoms with E-state index < -0.39 is 83.7 Å². The molecule has 0 saturated heterocycles. The molecule has 0 amide bonds. The first-order valence-corrected chi connectivity index (χ1v) is 36.0. The fourth-order valence-corrected chi connectivity index (χ4v) is 10.6. The van der Waals surface area contributed by atoms with Crippen molar-refractivity contribution in [1.29, 1.82) is 0 Å². The summed E-state index contributed by atoms with van der Waals surface area (Å²) in [6.45, 7) is 5.76. The van der Waals surface area contributed by atoms with Crippen molar-refractivity contribution in [3.8, 4) is 23.0 Å². The van der Waals surface area contributed by atoms with Crippen LogP contribution in [-0.2, 0) is 60.7 Å². The lowest BCUT2D eigenvalue weighted by Gasteiger charge is -2.18. The van der Waals surface area contributed by atoms with Crippen LogP contribution in [0.25, 0.3) is 0 Å². The van der Waals surface area contributed by atoms with Crippen LogP contribution in [0.5, 0.6) is 23.0 Å². The van der Waals surface area contributed by atoms with Crippen LogP contribution in [-0.4, -0.2) is 134 Å². The highest BCUT2D eigenvalue weighted by atomic mass is 32.2. The van der Waals surface area contributed by atoms with Crippen LogP contribution in [0.1, 0.15) is 47.9 Å². The predicted octanol–water partition coefficient (Wildman–Crippen LogP) is 11.2. The summed E-state index contributed by atoms with van der Waals surface area (Å²) < 4.78 is 218. The second-order valence-electron chi connectivity index (χ2n) is 19.7. The zero-order valence-corrected chi connectivity index (χ0v) is 53.6. The van der Waals surface area contributed by atoms with E-state index in [0.717, 1.165) is 24.3 Å². The minimum atomic E-state index is -4.47. The molecule has 0 saturated carbocycles. The van der Waals surface area contributed by atoms with Crippen molar-refractivity contribution in [2.24, 2.45) is 40.9 Å². The van der Waals surface area contributed by atoms with Crippen molar-refractivity contribution < 1.29 is 96.8 Å². The number of ether oxygens (including phenoxy) is 4. The highest BCUT2D eigenvalue weighted by molar-refractivity contribution is 7.87. The van der Waals surface area contributed by atoms with Crippen LogP contribution in [0.4, 0.5) is 56.9 Å². The summed E-state index contributed by atoms with van der Waals surface area (Å²) in [6, 6.07) is 22.0. The molecule has 38 heteroatoms. The summed E-state index contributed by atoms with van der Waals surface area (Å²) in [4.78, 5) is -0.723. The Kier molecular flexibility index (Phi) is 24.8. The first-order valence-electron chi connectivity index (χ1n) is 26.7. The predicted molar refractivity (Wildman–Crippen MR) is 332 cm³/mol.